The molecule has 18 heavy (non-hydrogen) atoms. The average molecular weight is 249 g/mol. The molecule has 2 N–H and O–H groups in total. The molecule has 1 rings (SSSR count). The van der Waals surface area contributed by atoms with Crippen LogP contribution in [0.5, 0.6) is 5.75 Å². The molecule has 0 radical (unpaired) electrons. The number of aryl methyl sites for hydroxylation is 1. The van der Waals surface area contributed by atoms with Gasteiger partial charge in [-0.3, -0.25) is 0 Å². The summed E-state index contributed by atoms with van der Waals surface area (Å²) in [5.41, 5.74) is 8.57. The number of hydrogen-bond donors (Lipinski definition) is 1. The number of hydrogen-bond acceptors (Lipinski definition) is 2. The second kappa shape index (κ2) is 7.42. The molecule has 2 nitrogen and oxygen atoms in total. The van der Waals surface area contributed by atoms with Crippen LogP contribution in [0.3, 0.4) is 0 Å². The van der Waals surface area contributed by atoms with E-state index in [1.165, 1.54) is 11.1 Å². The van der Waals surface area contributed by atoms with E-state index in [1.54, 1.807) is 0 Å². The average Bonchev–Trinajstić information content (AvgIpc) is 2.28. The molecule has 1 aromatic rings. The largest absolute Gasteiger partial charge is 0.494 e. The zero-order chi connectivity index (χ0) is 13.5. The fourth-order valence-electron chi connectivity index (χ4n) is 2.30. The van der Waals surface area contributed by atoms with Gasteiger partial charge in [-0.15, -0.1) is 0 Å². The van der Waals surface area contributed by atoms with Crippen molar-refractivity contribution in [1.29, 1.82) is 0 Å². The van der Waals surface area contributed by atoms with Gasteiger partial charge >= 0.3 is 0 Å². The predicted molar refractivity (Wildman–Crippen MR) is 78.1 cm³/mol. The summed E-state index contributed by atoms with van der Waals surface area (Å²) in [5.74, 6) is 1.61. The van der Waals surface area contributed by atoms with E-state index in [-0.39, 0.29) is 6.04 Å². The third-order valence-electron chi connectivity index (χ3n) is 3.13. The molecule has 1 aromatic carbocycles. The van der Waals surface area contributed by atoms with E-state index in [1.807, 2.05) is 0 Å². The molecule has 0 spiro atoms. The minimum absolute atomic E-state index is 0.285. The zero-order valence-electron chi connectivity index (χ0n) is 12.2. The normalized spacial score (nSPS) is 14.3. The number of ether oxygens (including phenoxy) is 1. The topological polar surface area (TPSA) is 35.2 Å². The Balaban J connectivity index is 2.61. The highest BCUT2D eigenvalue weighted by Gasteiger charge is 2.09. The first-order valence-corrected chi connectivity index (χ1v) is 7.00. The monoisotopic (exact) mass is 249 g/mol. The van der Waals surface area contributed by atoms with Crippen LogP contribution in [0.1, 0.15) is 44.7 Å². The van der Waals surface area contributed by atoms with E-state index in [9.17, 15) is 0 Å². The maximum Gasteiger partial charge on any atom is 0.119 e. The van der Waals surface area contributed by atoms with Crippen LogP contribution in [0.15, 0.2) is 18.2 Å². The molecular formula is C16H27NO. The lowest BCUT2D eigenvalue weighted by molar-refractivity contribution is 0.317. The van der Waals surface area contributed by atoms with Crippen molar-refractivity contribution in [2.45, 2.75) is 53.0 Å². The van der Waals surface area contributed by atoms with Crippen LogP contribution in [0.2, 0.25) is 0 Å². The van der Waals surface area contributed by atoms with Gasteiger partial charge in [0.15, 0.2) is 0 Å². The second-order valence-electron chi connectivity index (χ2n) is 5.46. The SMILES string of the molecule is CCCOc1ccc(CC(C)CC(C)N)c(C)c1. The van der Waals surface area contributed by atoms with E-state index >= 15 is 0 Å². The Kier molecular flexibility index (Phi) is 6.20. The molecule has 102 valence electrons. The second-order valence-corrected chi connectivity index (χ2v) is 5.46. The Hall–Kier alpha value is -1.02. The molecule has 0 bridgehead atoms. The first-order valence-electron chi connectivity index (χ1n) is 7.00. The summed E-state index contributed by atoms with van der Waals surface area (Å²) in [6, 6.07) is 6.70. The van der Waals surface area contributed by atoms with Crippen molar-refractivity contribution in [1.82, 2.24) is 0 Å². The quantitative estimate of drug-likeness (QED) is 0.799. The lowest BCUT2D eigenvalue weighted by Gasteiger charge is -2.16. The lowest BCUT2D eigenvalue weighted by Crippen LogP contribution is -2.19. The van der Waals surface area contributed by atoms with Crippen molar-refractivity contribution in [3.05, 3.63) is 29.3 Å². The molecule has 0 fully saturated rings. The summed E-state index contributed by atoms with van der Waals surface area (Å²) in [6.45, 7) is 9.42. The van der Waals surface area contributed by atoms with E-state index < -0.39 is 0 Å². The van der Waals surface area contributed by atoms with Crippen LogP contribution < -0.4 is 10.5 Å². The van der Waals surface area contributed by atoms with Crippen LogP contribution in [-0.4, -0.2) is 12.6 Å². The summed E-state index contributed by atoms with van der Waals surface area (Å²) < 4.78 is 5.64. The molecule has 0 aliphatic rings. The van der Waals surface area contributed by atoms with Crippen LogP contribution in [0, 0.1) is 12.8 Å². The number of nitrogens with two attached hydrogens (primary N) is 1. The van der Waals surface area contributed by atoms with Gasteiger partial charge in [0.1, 0.15) is 5.75 Å². The molecule has 0 aromatic heterocycles. The standard InChI is InChI=1S/C16H27NO/c1-5-8-18-16-7-6-15(13(3)11-16)10-12(2)9-14(4)17/h6-7,11-12,14H,5,8-10,17H2,1-4H3. The van der Waals surface area contributed by atoms with Gasteiger partial charge in [-0.05, 0) is 62.3 Å². The Morgan fingerprint density at radius 1 is 1.28 bits per heavy atom. The van der Waals surface area contributed by atoms with Crippen molar-refractivity contribution in [2.75, 3.05) is 6.61 Å². The predicted octanol–water partition coefficient (Wildman–Crippen LogP) is 3.70. The van der Waals surface area contributed by atoms with Crippen molar-refractivity contribution in [2.24, 2.45) is 11.7 Å². The van der Waals surface area contributed by atoms with Gasteiger partial charge in [-0.1, -0.05) is 19.9 Å². The van der Waals surface area contributed by atoms with E-state index in [4.69, 9.17) is 10.5 Å². The Bertz CT molecular complexity index is 360. The van der Waals surface area contributed by atoms with E-state index in [2.05, 4.69) is 45.9 Å². The Morgan fingerprint density at radius 2 is 2.00 bits per heavy atom. The smallest absolute Gasteiger partial charge is 0.119 e. The summed E-state index contributed by atoms with van der Waals surface area (Å²) in [6.07, 6.45) is 3.22. The molecule has 0 saturated heterocycles. The van der Waals surface area contributed by atoms with Gasteiger partial charge in [-0.25, -0.2) is 0 Å². The molecule has 0 aliphatic carbocycles. The Morgan fingerprint density at radius 3 is 2.56 bits per heavy atom. The number of benzene rings is 1. The van der Waals surface area contributed by atoms with Crippen molar-refractivity contribution in [3.8, 4) is 5.75 Å². The van der Waals surface area contributed by atoms with Gasteiger partial charge in [0.25, 0.3) is 0 Å². The minimum Gasteiger partial charge on any atom is -0.494 e. The molecule has 0 aliphatic heterocycles. The Labute approximate surface area is 112 Å². The van der Waals surface area contributed by atoms with Crippen molar-refractivity contribution < 1.29 is 4.74 Å². The van der Waals surface area contributed by atoms with Crippen molar-refractivity contribution in [3.63, 3.8) is 0 Å². The third-order valence-corrected chi connectivity index (χ3v) is 3.13. The van der Waals surface area contributed by atoms with Gasteiger partial charge in [0.05, 0.1) is 6.61 Å². The highest BCUT2D eigenvalue weighted by Crippen LogP contribution is 2.21. The third kappa shape index (κ3) is 5.09. The van der Waals surface area contributed by atoms with Gasteiger partial charge in [0.2, 0.25) is 0 Å². The maximum absolute atomic E-state index is 5.84. The summed E-state index contributed by atoms with van der Waals surface area (Å²) >= 11 is 0. The van der Waals surface area contributed by atoms with E-state index in [0.29, 0.717) is 5.92 Å². The summed E-state index contributed by atoms with van der Waals surface area (Å²) in [7, 11) is 0. The molecule has 0 saturated carbocycles. The lowest BCUT2D eigenvalue weighted by atomic mass is 9.93. The van der Waals surface area contributed by atoms with Crippen LogP contribution in [-0.2, 0) is 6.42 Å². The fourth-order valence-corrected chi connectivity index (χ4v) is 2.30. The first kappa shape index (κ1) is 15.0. The van der Waals surface area contributed by atoms with Crippen molar-refractivity contribution >= 4 is 0 Å². The molecule has 2 unspecified atom stereocenters. The fraction of sp³-hybridized carbons (Fsp3) is 0.625. The molecule has 2 heteroatoms. The molecule has 0 amide bonds. The molecule has 0 heterocycles. The maximum atomic E-state index is 5.84. The van der Waals surface area contributed by atoms with Gasteiger partial charge in [-0.2, -0.15) is 0 Å². The van der Waals surface area contributed by atoms with E-state index in [0.717, 1.165) is 31.6 Å². The summed E-state index contributed by atoms with van der Waals surface area (Å²) in [5, 5.41) is 0. The molecular weight excluding hydrogens is 222 g/mol. The van der Waals surface area contributed by atoms with Crippen LogP contribution in [0.25, 0.3) is 0 Å². The number of rotatable bonds is 7. The first-order chi connectivity index (χ1) is 8.52. The van der Waals surface area contributed by atoms with Gasteiger partial charge in [0, 0.05) is 6.04 Å². The van der Waals surface area contributed by atoms with Crippen LogP contribution in [0.4, 0.5) is 0 Å². The molecule has 2 atom stereocenters. The zero-order valence-corrected chi connectivity index (χ0v) is 12.2. The minimum atomic E-state index is 0.285. The van der Waals surface area contributed by atoms with Crippen LogP contribution >= 0.6 is 0 Å². The highest BCUT2D eigenvalue weighted by atomic mass is 16.5. The summed E-state index contributed by atoms with van der Waals surface area (Å²) in [4.78, 5) is 0. The van der Waals surface area contributed by atoms with Gasteiger partial charge < -0.3 is 10.5 Å². The highest BCUT2D eigenvalue weighted by molar-refractivity contribution is 5.35.